The molecule has 1 aliphatic carbocycles. The molecular weight excluding hydrogens is 320 g/mol. The first-order valence-electron chi connectivity index (χ1n) is 8.74. The first-order valence-corrected chi connectivity index (χ1v) is 8.74. The van der Waals surface area contributed by atoms with Crippen LogP contribution in [0.5, 0.6) is 0 Å². The zero-order valence-corrected chi connectivity index (χ0v) is 14.5. The average Bonchev–Trinajstić information content (AvgIpc) is 3.23. The topological polar surface area (TPSA) is 94.0 Å². The Kier molecular flexibility index (Phi) is 4.12. The molecule has 132 valence electrons. The number of nitrogens with one attached hydrogen (secondary N) is 2. The highest BCUT2D eigenvalue weighted by Gasteiger charge is 2.29. The van der Waals surface area contributed by atoms with Crippen molar-refractivity contribution in [2.75, 3.05) is 25.0 Å². The van der Waals surface area contributed by atoms with Gasteiger partial charge in [-0.3, -0.25) is 4.68 Å². The quantitative estimate of drug-likeness (QED) is 0.798. The predicted molar refractivity (Wildman–Crippen MR) is 92.5 cm³/mol. The molecular formula is C17H22N6O2. The van der Waals surface area contributed by atoms with E-state index in [1.807, 2.05) is 13.2 Å². The van der Waals surface area contributed by atoms with Crippen LogP contribution in [0.25, 0.3) is 11.4 Å². The van der Waals surface area contributed by atoms with Gasteiger partial charge in [0.25, 0.3) is 0 Å². The lowest BCUT2D eigenvalue weighted by Crippen LogP contribution is -2.24. The molecule has 2 aromatic rings. The van der Waals surface area contributed by atoms with Crippen molar-refractivity contribution in [3.05, 3.63) is 23.0 Å². The Labute approximate surface area is 146 Å². The Morgan fingerprint density at radius 1 is 1.48 bits per heavy atom. The number of aryl methyl sites for hydroxylation is 2. The number of nitrogens with zero attached hydrogens (tertiary/aromatic N) is 4. The summed E-state index contributed by atoms with van der Waals surface area (Å²) in [5.41, 5.74) is 4.15. The van der Waals surface area contributed by atoms with E-state index >= 15 is 0 Å². The molecule has 8 nitrogen and oxygen atoms in total. The van der Waals surface area contributed by atoms with Crippen LogP contribution in [0.3, 0.4) is 0 Å². The number of esters is 1. The van der Waals surface area contributed by atoms with E-state index in [1.165, 1.54) is 0 Å². The summed E-state index contributed by atoms with van der Waals surface area (Å²) >= 11 is 0. The lowest BCUT2D eigenvalue weighted by molar-refractivity contribution is 0.0517. The molecule has 0 bridgehead atoms. The highest BCUT2D eigenvalue weighted by atomic mass is 16.5. The molecule has 1 saturated heterocycles. The minimum atomic E-state index is -0.368. The zero-order chi connectivity index (χ0) is 17.4. The van der Waals surface area contributed by atoms with E-state index in [0.29, 0.717) is 24.3 Å². The molecule has 2 N–H and O–H groups in total. The number of ether oxygens (including phenoxy) is 1. The Morgan fingerprint density at radius 2 is 2.36 bits per heavy atom. The molecule has 2 aromatic heterocycles. The fourth-order valence-electron chi connectivity index (χ4n) is 3.55. The second-order valence-corrected chi connectivity index (χ2v) is 6.42. The maximum atomic E-state index is 12.2. The first-order chi connectivity index (χ1) is 12.2. The Hall–Kier alpha value is -2.48. The van der Waals surface area contributed by atoms with Crippen LogP contribution in [0.2, 0.25) is 0 Å². The average molecular weight is 342 g/mol. The van der Waals surface area contributed by atoms with Crippen molar-refractivity contribution in [2.24, 2.45) is 7.05 Å². The minimum Gasteiger partial charge on any atom is -0.461 e. The number of hydrogen-bond acceptors (Lipinski definition) is 7. The summed E-state index contributed by atoms with van der Waals surface area (Å²) < 4.78 is 6.87. The van der Waals surface area contributed by atoms with E-state index in [4.69, 9.17) is 9.72 Å². The third-order valence-corrected chi connectivity index (χ3v) is 4.74. The van der Waals surface area contributed by atoms with Crippen LogP contribution in [0.15, 0.2) is 6.20 Å². The van der Waals surface area contributed by atoms with Crippen LogP contribution >= 0.6 is 0 Å². The normalized spacial score (nSPS) is 18.6. The first kappa shape index (κ1) is 16.0. The van der Waals surface area contributed by atoms with E-state index in [1.54, 1.807) is 11.6 Å². The van der Waals surface area contributed by atoms with Gasteiger partial charge in [-0.15, -0.1) is 0 Å². The van der Waals surface area contributed by atoms with Crippen molar-refractivity contribution in [1.82, 2.24) is 25.1 Å². The van der Waals surface area contributed by atoms with Gasteiger partial charge in [-0.05, 0) is 38.3 Å². The van der Waals surface area contributed by atoms with E-state index in [0.717, 1.165) is 54.9 Å². The van der Waals surface area contributed by atoms with E-state index in [2.05, 4.69) is 20.7 Å². The monoisotopic (exact) mass is 342 g/mol. The summed E-state index contributed by atoms with van der Waals surface area (Å²) in [5.74, 6) is 0.256. The number of carbonyl (C=O) groups excluding carboxylic acids is 1. The summed E-state index contributed by atoms with van der Waals surface area (Å²) in [6.07, 6.45) is 4.48. The SMILES string of the molecule is CCOC(=O)c1nn(C)c2c1CCc1cnc(NC3CCNC3)nc1-2. The molecule has 1 aliphatic heterocycles. The summed E-state index contributed by atoms with van der Waals surface area (Å²) in [7, 11) is 1.84. The largest absolute Gasteiger partial charge is 0.461 e. The van der Waals surface area contributed by atoms with Crippen molar-refractivity contribution in [1.29, 1.82) is 0 Å². The molecule has 3 heterocycles. The highest BCUT2D eigenvalue weighted by Crippen LogP contribution is 2.34. The van der Waals surface area contributed by atoms with E-state index < -0.39 is 0 Å². The molecule has 4 rings (SSSR count). The highest BCUT2D eigenvalue weighted by molar-refractivity contribution is 5.91. The molecule has 0 saturated carbocycles. The molecule has 1 unspecified atom stereocenters. The number of carbonyl (C=O) groups is 1. The van der Waals surface area contributed by atoms with Crippen molar-refractivity contribution in [2.45, 2.75) is 32.2 Å². The number of aromatic nitrogens is 4. The van der Waals surface area contributed by atoms with E-state index in [9.17, 15) is 4.79 Å². The van der Waals surface area contributed by atoms with Gasteiger partial charge in [0.15, 0.2) is 5.69 Å². The van der Waals surface area contributed by atoms with Gasteiger partial charge >= 0.3 is 5.97 Å². The van der Waals surface area contributed by atoms with Gasteiger partial charge < -0.3 is 15.4 Å². The third-order valence-electron chi connectivity index (χ3n) is 4.74. The molecule has 8 heteroatoms. The van der Waals surface area contributed by atoms with Crippen LogP contribution in [0, 0.1) is 0 Å². The summed E-state index contributed by atoms with van der Waals surface area (Å²) in [6, 6.07) is 0.350. The lowest BCUT2D eigenvalue weighted by Gasteiger charge is -2.18. The van der Waals surface area contributed by atoms with Gasteiger partial charge in [0.1, 0.15) is 0 Å². The van der Waals surface area contributed by atoms with Gasteiger partial charge in [0.2, 0.25) is 5.95 Å². The second-order valence-electron chi connectivity index (χ2n) is 6.42. The smallest absolute Gasteiger partial charge is 0.359 e. The molecule has 25 heavy (non-hydrogen) atoms. The van der Waals surface area contributed by atoms with Gasteiger partial charge in [-0.25, -0.2) is 14.8 Å². The molecule has 0 radical (unpaired) electrons. The van der Waals surface area contributed by atoms with Crippen LogP contribution in [-0.4, -0.2) is 51.5 Å². The van der Waals surface area contributed by atoms with Gasteiger partial charge in [-0.1, -0.05) is 0 Å². The van der Waals surface area contributed by atoms with Crippen LogP contribution in [0.4, 0.5) is 5.95 Å². The van der Waals surface area contributed by atoms with Gasteiger partial charge in [-0.2, -0.15) is 5.10 Å². The van der Waals surface area contributed by atoms with Crippen LogP contribution in [0.1, 0.15) is 35.0 Å². The van der Waals surface area contributed by atoms with Crippen molar-refractivity contribution in [3.63, 3.8) is 0 Å². The number of fused-ring (bicyclic) bond motifs is 3. The Bertz CT molecular complexity index is 810. The molecule has 0 aromatic carbocycles. The zero-order valence-electron chi connectivity index (χ0n) is 14.5. The fourth-order valence-corrected chi connectivity index (χ4v) is 3.55. The predicted octanol–water partition coefficient (Wildman–Crippen LogP) is 0.926. The third kappa shape index (κ3) is 2.86. The van der Waals surface area contributed by atoms with E-state index in [-0.39, 0.29) is 5.97 Å². The molecule has 0 amide bonds. The number of anilines is 1. The van der Waals surface area contributed by atoms with Crippen molar-refractivity contribution in [3.8, 4) is 11.4 Å². The van der Waals surface area contributed by atoms with Crippen molar-refractivity contribution < 1.29 is 9.53 Å². The Balaban J connectivity index is 1.71. The molecule has 0 spiro atoms. The minimum absolute atomic E-state index is 0.340. The lowest BCUT2D eigenvalue weighted by atomic mass is 9.93. The standard InChI is InChI=1S/C17H22N6O2/c1-3-25-16(24)14-12-5-4-10-8-19-17(20-11-6-7-18-9-11)21-13(10)15(12)23(2)22-14/h8,11,18H,3-7,9H2,1-2H3,(H,19,20,21). The Morgan fingerprint density at radius 3 is 3.12 bits per heavy atom. The summed E-state index contributed by atoms with van der Waals surface area (Å²) in [4.78, 5) is 21.4. The second kappa shape index (κ2) is 6.44. The summed E-state index contributed by atoms with van der Waals surface area (Å²) in [5, 5.41) is 11.1. The maximum Gasteiger partial charge on any atom is 0.359 e. The van der Waals surface area contributed by atoms with Crippen molar-refractivity contribution >= 4 is 11.9 Å². The van der Waals surface area contributed by atoms with Crippen LogP contribution < -0.4 is 10.6 Å². The molecule has 1 fully saturated rings. The van der Waals surface area contributed by atoms with Crippen LogP contribution in [-0.2, 0) is 24.6 Å². The van der Waals surface area contributed by atoms with Gasteiger partial charge in [0, 0.05) is 31.4 Å². The maximum absolute atomic E-state index is 12.2. The molecule has 1 atom stereocenters. The summed E-state index contributed by atoms with van der Waals surface area (Å²) in [6.45, 7) is 4.07. The fraction of sp³-hybridized carbons (Fsp3) is 0.529. The number of rotatable bonds is 4. The number of hydrogen-bond donors (Lipinski definition) is 2. The molecule has 2 aliphatic rings. The van der Waals surface area contributed by atoms with Gasteiger partial charge in [0.05, 0.1) is 18.0 Å².